The van der Waals surface area contributed by atoms with Crippen molar-refractivity contribution in [1.82, 2.24) is 0 Å². The second-order valence-electron chi connectivity index (χ2n) is 6.05. The molecule has 0 saturated carbocycles. The highest BCUT2D eigenvalue weighted by atomic mass is 32.2. The van der Waals surface area contributed by atoms with Crippen LogP contribution in [0, 0.1) is 0 Å². The first kappa shape index (κ1) is 19.0. The van der Waals surface area contributed by atoms with Crippen LogP contribution in [0.5, 0.6) is 0 Å². The lowest BCUT2D eigenvalue weighted by molar-refractivity contribution is 0.574. The standard InChI is InChI=1S/C19H30O2S/c1-3-4-5-6-7-8-9-11-14-18(2)17-22(20,21)19-15-12-10-13-16-19/h10,12-13,15-17H,3-9,11,14H2,1-2H3/b18-17+. The number of unbranched alkanes of at least 4 members (excludes halogenated alkanes) is 7. The van der Waals surface area contributed by atoms with E-state index in [0.717, 1.165) is 18.4 Å². The molecule has 0 aliphatic rings. The van der Waals surface area contributed by atoms with Crippen LogP contribution in [-0.4, -0.2) is 8.42 Å². The van der Waals surface area contributed by atoms with Gasteiger partial charge in [0, 0.05) is 5.41 Å². The second-order valence-corrected chi connectivity index (χ2v) is 7.84. The van der Waals surface area contributed by atoms with Crippen molar-refractivity contribution in [2.45, 2.75) is 76.5 Å². The maximum Gasteiger partial charge on any atom is 0.199 e. The van der Waals surface area contributed by atoms with Crippen molar-refractivity contribution >= 4 is 9.84 Å². The van der Waals surface area contributed by atoms with E-state index in [2.05, 4.69) is 6.92 Å². The molecular weight excluding hydrogens is 292 g/mol. The summed E-state index contributed by atoms with van der Waals surface area (Å²) in [5.41, 5.74) is 0.954. The summed E-state index contributed by atoms with van der Waals surface area (Å²) in [7, 11) is -3.28. The van der Waals surface area contributed by atoms with E-state index in [-0.39, 0.29) is 0 Å². The van der Waals surface area contributed by atoms with E-state index in [1.807, 2.05) is 13.0 Å². The Morgan fingerprint density at radius 3 is 2.05 bits per heavy atom. The molecule has 0 saturated heterocycles. The predicted molar refractivity (Wildman–Crippen MR) is 94.6 cm³/mol. The molecule has 0 N–H and O–H groups in total. The number of allylic oxidation sites excluding steroid dienone is 1. The molecule has 124 valence electrons. The van der Waals surface area contributed by atoms with Gasteiger partial charge in [0.25, 0.3) is 0 Å². The van der Waals surface area contributed by atoms with E-state index in [1.165, 1.54) is 50.4 Å². The lowest BCUT2D eigenvalue weighted by Crippen LogP contribution is -1.97. The van der Waals surface area contributed by atoms with Crippen LogP contribution in [0.25, 0.3) is 0 Å². The molecule has 3 heteroatoms. The first-order valence-electron chi connectivity index (χ1n) is 8.53. The lowest BCUT2D eigenvalue weighted by atomic mass is 10.1. The Morgan fingerprint density at radius 1 is 0.909 bits per heavy atom. The highest BCUT2D eigenvalue weighted by molar-refractivity contribution is 7.94. The van der Waals surface area contributed by atoms with Gasteiger partial charge in [-0.25, -0.2) is 8.42 Å². The third-order valence-electron chi connectivity index (χ3n) is 3.85. The highest BCUT2D eigenvalue weighted by Gasteiger charge is 2.10. The van der Waals surface area contributed by atoms with Crippen LogP contribution in [0.1, 0.15) is 71.6 Å². The molecular formula is C19H30O2S. The van der Waals surface area contributed by atoms with E-state index < -0.39 is 9.84 Å². The minimum Gasteiger partial charge on any atom is -0.219 e. The van der Waals surface area contributed by atoms with E-state index in [4.69, 9.17) is 0 Å². The summed E-state index contributed by atoms with van der Waals surface area (Å²) in [6.45, 7) is 4.15. The summed E-state index contributed by atoms with van der Waals surface area (Å²) in [5, 5.41) is 1.43. The van der Waals surface area contributed by atoms with Crippen LogP contribution in [0.15, 0.2) is 46.2 Å². The summed E-state index contributed by atoms with van der Waals surface area (Å²) >= 11 is 0. The molecule has 0 aliphatic heterocycles. The van der Waals surface area contributed by atoms with Crippen molar-refractivity contribution in [1.29, 1.82) is 0 Å². The van der Waals surface area contributed by atoms with Crippen LogP contribution in [0.2, 0.25) is 0 Å². The number of rotatable bonds is 11. The Kier molecular flexibility index (Phi) is 9.14. The normalized spacial score (nSPS) is 12.5. The molecule has 1 rings (SSSR count). The van der Waals surface area contributed by atoms with Crippen LogP contribution in [-0.2, 0) is 9.84 Å². The quantitative estimate of drug-likeness (QED) is 0.476. The topological polar surface area (TPSA) is 34.1 Å². The average Bonchev–Trinajstić information content (AvgIpc) is 2.50. The minimum atomic E-state index is -3.28. The van der Waals surface area contributed by atoms with E-state index in [1.54, 1.807) is 24.3 Å². The van der Waals surface area contributed by atoms with Gasteiger partial charge in [0.15, 0.2) is 9.84 Å². The van der Waals surface area contributed by atoms with E-state index in [0.29, 0.717) is 4.90 Å². The maximum atomic E-state index is 12.2. The smallest absolute Gasteiger partial charge is 0.199 e. The minimum absolute atomic E-state index is 0.380. The van der Waals surface area contributed by atoms with Crippen molar-refractivity contribution in [3.63, 3.8) is 0 Å². The molecule has 0 aliphatic carbocycles. The third kappa shape index (κ3) is 7.79. The maximum absolute atomic E-state index is 12.2. The Hall–Kier alpha value is -1.09. The number of hydrogen-bond donors (Lipinski definition) is 0. The van der Waals surface area contributed by atoms with Crippen molar-refractivity contribution in [2.24, 2.45) is 0 Å². The van der Waals surface area contributed by atoms with Gasteiger partial charge in [-0.05, 0) is 31.9 Å². The number of benzene rings is 1. The molecule has 0 aromatic heterocycles. The van der Waals surface area contributed by atoms with Crippen molar-refractivity contribution in [3.05, 3.63) is 41.3 Å². The zero-order chi connectivity index (χ0) is 16.3. The van der Waals surface area contributed by atoms with Crippen molar-refractivity contribution in [3.8, 4) is 0 Å². The molecule has 22 heavy (non-hydrogen) atoms. The molecule has 1 aromatic carbocycles. The first-order chi connectivity index (χ1) is 10.6. The van der Waals surface area contributed by atoms with Crippen LogP contribution in [0.4, 0.5) is 0 Å². The summed E-state index contributed by atoms with van der Waals surface area (Å²) in [5.74, 6) is 0. The van der Waals surface area contributed by atoms with Gasteiger partial charge in [-0.15, -0.1) is 0 Å². The summed E-state index contributed by atoms with van der Waals surface area (Å²) < 4.78 is 24.4. The molecule has 0 unspecified atom stereocenters. The third-order valence-corrected chi connectivity index (χ3v) is 5.49. The van der Waals surface area contributed by atoms with Gasteiger partial charge in [0.2, 0.25) is 0 Å². The highest BCUT2D eigenvalue weighted by Crippen LogP contribution is 2.17. The van der Waals surface area contributed by atoms with Gasteiger partial charge in [-0.3, -0.25) is 0 Å². The molecule has 0 fully saturated rings. The van der Waals surface area contributed by atoms with Crippen LogP contribution in [0.3, 0.4) is 0 Å². The molecule has 0 spiro atoms. The molecule has 0 bridgehead atoms. The van der Waals surface area contributed by atoms with Crippen molar-refractivity contribution < 1.29 is 8.42 Å². The lowest BCUT2D eigenvalue weighted by Gasteiger charge is -2.04. The zero-order valence-electron chi connectivity index (χ0n) is 14.1. The molecule has 0 radical (unpaired) electrons. The Morgan fingerprint density at radius 2 is 1.45 bits per heavy atom. The first-order valence-corrected chi connectivity index (χ1v) is 10.1. The fourth-order valence-electron chi connectivity index (χ4n) is 2.54. The summed E-state index contributed by atoms with van der Waals surface area (Å²) in [6.07, 6.45) is 11.1. The van der Waals surface area contributed by atoms with Gasteiger partial charge in [0.1, 0.15) is 0 Å². The number of sulfone groups is 1. The average molecular weight is 323 g/mol. The van der Waals surface area contributed by atoms with Gasteiger partial charge in [-0.2, -0.15) is 0 Å². The fourth-order valence-corrected chi connectivity index (χ4v) is 3.86. The van der Waals surface area contributed by atoms with Gasteiger partial charge >= 0.3 is 0 Å². The molecule has 2 nitrogen and oxygen atoms in total. The monoisotopic (exact) mass is 322 g/mol. The predicted octanol–water partition coefficient (Wildman–Crippen LogP) is 5.89. The summed E-state index contributed by atoms with van der Waals surface area (Å²) in [4.78, 5) is 0.380. The van der Waals surface area contributed by atoms with E-state index >= 15 is 0 Å². The number of hydrogen-bond acceptors (Lipinski definition) is 2. The van der Waals surface area contributed by atoms with Crippen molar-refractivity contribution in [2.75, 3.05) is 0 Å². The Balaban J connectivity index is 2.29. The zero-order valence-corrected chi connectivity index (χ0v) is 14.9. The van der Waals surface area contributed by atoms with Crippen LogP contribution >= 0.6 is 0 Å². The van der Waals surface area contributed by atoms with E-state index in [9.17, 15) is 8.42 Å². The second kappa shape index (κ2) is 10.6. The largest absolute Gasteiger partial charge is 0.219 e. The fraction of sp³-hybridized carbons (Fsp3) is 0.579. The molecule has 1 aromatic rings. The summed E-state index contributed by atoms with van der Waals surface area (Å²) in [6, 6.07) is 8.64. The van der Waals surface area contributed by atoms with Gasteiger partial charge in [0.05, 0.1) is 4.90 Å². The molecule has 0 amide bonds. The molecule has 0 heterocycles. The van der Waals surface area contributed by atoms with Gasteiger partial charge in [-0.1, -0.05) is 75.6 Å². The Labute approximate surface area is 136 Å². The SMILES string of the molecule is CCCCCCCCCC/C(C)=C/S(=O)(=O)c1ccccc1. The van der Waals surface area contributed by atoms with Gasteiger partial charge < -0.3 is 0 Å². The molecule has 0 atom stereocenters. The van der Waals surface area contributed by atoms with Crippen LogP contribution < -0.4 is 0 Å². The Bertz CT molecular complexity index is 530.